The zero-order valence-corrected chi connectivity index (χ0v) is 11.8. The molecule has 2 aromatic rings. The zero-order chi connectivity index (χ0) is 13.7. The summed E-state index contributed by atoms with van der Waals surface area (Å²) in [6.07, 6.45) is 1.73. The van der Waals surface area contributed by atoms with Gasteiger partial charge in [-0.05, 0) is 13.0 Å². The molecular weight excluding hydrogens is 262 g/mol. The second-order valence-electron chi connectivity index (χ2n) is 4.07. The fraction of sp³-hybridized carbons (Fsp3) is 0.417. The summed E-state index contributed by atoms with van der Waals surface area (Å²) in [5.74, 6) is 0.0221. The van der Waals surface area contributed by atoms with E-state index in [0.717, 1.165) is 23.1 Å². The van der Waals surface area contributed by atoms with Gasteiger partial charge in [0.05, 0.1) is 5.69 Å². The zero-order valence-electron chi connectivity index (χ0n) is 11.0. The SMILES string of the molecule is CCN(C(C)=O)c1nc(CNCc2ccn[nH]2)cs1. The van der Waals surface area contributed by atoms with Gasteiger partial charge < -0.3 is 5.32 Å². The van der Waals surface area contributed by atoms with Crippen LogP contribution in [0.2, 0.25) is 0 Å². The molecule has 0 spiro atoms. The lowest BCUT2D eigenvalue weighted by molar-refractivity contribution is -0.116. The highest BCUT2D eigenvalue weighted by molar-refractivity contribution is 7.14. The number of hydrogen-bond donors (Lipinski definition) is 2. The van der Waals surface area contributed by atoms with Crippen molar-refractivity contribution in [3.8, 4) is 0 Å². The first-order valence-electron chi connectivity index (χ1n) is 6.12. The molecule has 0 aliphatic heterocycles. The van der Waals surface area contributed by atoms with E-state index in [1.807, 2.05) is 18.4 Å². The van der Waals surface area contributed by atoms with Crippen LogP contribution < -0.4 is 10.2 Å². The number of aromatic amines is 1. The fourth-order valence-electron chi connectivity index (χ4n) is 1.70. The fourth-order valence-corrected chi connectivity index (χ4v) is 2.63. The standard InChI is InChI=1S/C12H17N5OS/c1-3-17(9(2)18)12-15-11(8-19-12)7-13-6-10-4-5-14-16-10/h4-5,8,13H,3,6-7H2,1-2H3,(H,14,16). The molecule has 0 unspecified atom stereocenters. The van der Waals surface area contributed by atoms with E-state index >= 15 is 0 Å². The summed E-state index contributed by atoms with van der Waals surface area (Å²) in [5, 5.41) is 12.8. The first-order chi connectivity index (χ1) is 9.20. The Bertz CT molecular complexity index is 522. The van der Waals surface area contributed by atoms with Crippen molar-refractivity contribution in [2.45, 2.75) is 26.9 Å². The molecule has 2 N–H and O–H groups in total. The highest BCUT2D eigenvalue weighted by Gasteiger charge is 2.13. The molecule has 2 heterocycles. The molecule has 2 rings (SSSR count). The van der Waals surface area contributed by atoms with Crippen molar-refractivity contribution < 1.29 is 4.79 Å². The lowest BCUT2D eigenvalue weighted by Crippen LogP contribution is -2.27. The van der Waals surface area contributed by atoms with Crippen LogP contribution in [-0.4, -0.2) is 27.6 Å². The van der Waals surface area contributed by atoms with Gasteiger partial charge in [0.1, 0.15) is 0 Å². The molecule has 6 nitrogen and oxygen atoms in total. The highest BCUT2D eigenvalue weighted by Crippen LogP contribution is 2.20. The van der Waals surface area contributed by atoms with E-state index < -0.39 is 0 Å². The average Bonchev–Trinajstić information content (AvgIpc) is 3.02. The number of aromatic nitrogens is 3. The number of amides is 1. The van der Waals surface area contributed by atoms with Gasteiger partial charge in [0, 0.05) is 43.8 Å². The number of carbonyl (C=O) groups is 1. The normalized spacial score (nSPS) is 10.6. The minimum Gasteiger partial charge on any atom is -0.305 e. The van der Waals surface area contributed by atoms with Crippen LogP contribution in [0.3, 0.4) is 0 Å². The maximum atomic E-state index is 11.4. The lowest BCUT2D eigenvalue weighted by Gasteiger charge is -2.14. The van der Waals surface area contributed by atoms with Crippen LogP contribution >= 0.6 is 11.3 Å². The Morgan fingerprint density at radius 1 is 1.53 bits per heavy atom. The van der Waals surface area contributed by atoms with Crippen LogP contribution in [0.4, 0.5) is 5.13 Å². The van der Waals surface area contributed by atoms with E-state index in [4.69, 9.17) is 0 Å². The van der Waals surface area contributed by atoms with Gasteiger partial charge in [-0.2, -0.15) is 5.10 Å². The predicted molar refractivity (Wildman–Crippen MR) is 74.9 cm³/mol. The Balaban J connectivity index is 1.88. The van der Waals surface area contributed by atoms with E-state index in [9.17, 15) is 4.79 Å². The number of nitrogens with one attached hydrogen (secondary N) is 2. The summed E-state index contributed by atoms with van der Waals surface area (Å²) in [7, 11) is 0. The monoisotopic (exact) mass is 279 g/mol. The van der Waals surface area contributed by atoms with E-state index in [-0.39, 0.29) is 5.91 Å². The van der Waals surface area contributed by atoms with Crippen LogP contribution in [-0.2, 0) is 17.9 Å². The summed E-state index contributed by atoms with van der Waals surface area (Å²) in [6, 6.07) is 1.92. The number of nitrogens with zero attached hydrogens (tertiary/aromatic N) is 3. The molecule has 19 heavy (non-hydrogen) atoms. The van der Waals surface area contributed by atoms with Gasteiger partial charge in [0.25, 0.3) is 0 Å². The van der Waals surface area contributed by atoms with Crippen molar-refractivity contribution in [2.75, 3.05) is 11.4 Å². The molecular formula is C12H17N5OS. The number of H-pyrrole nitrogens is 1. The minimum atomic E-state index is 0.0221. The summed E-state index contributed by atoms with van der Waals surface area (Å²) >= 11 is 1.49. The topological polar surface area (TPSA) is 73.9 Å². The van der Waals surface area contributed by atoms with Gasteiger partial charge >= 0.3 is 0 Å². The van der Waals surface area contributed by atoms with Crippen molar-refractivity contribution in [1.82, 2.24) is 20.5 Å². The molecule has 0 aliphatic rings. The van der Waals surface area contributed by atoms with Crippen molar-refractivity contribution in [2.24, 2.45) is 0 Å². The third kappa shape index (κ3) is 3.62. The Morgan fingerprint density at radius 2 is 2.37 bits per heavy atom. The van der Waals surface area contributed by atoms with Crippen molar-refractivity contribution in [3.05, 3.63) is 29.0 Å². The van der Waals surface area contributed by atoms with Crippen LogP contribution in [0, 0.1) is 0 Å². The largest absolute Gasteiger partial charge is 0.305 e. The second-order valence-corrected chi connectivity index (χ2v) is 4.91. The Labute approximate surface area is 115 Å². The Hall–Kier alpha value is -1.73. The molecule has 1 amide bonds. The second kappa shape index (κ2) is 6.44. The third-order valence-corrected chi connectivity index (χ3v) is 3.56. The molecule has 0 aromatic carbocycles. The molecule has 2 aromatic heterocycles. The van der Waals surface area contributed by atoms with E-state index in [0.29, 0.717) is 13.1 Å². The number of carbonyl (C=O) groups excluding carboxylic acids is 1. The first kappa shape index (κ1) is 13.7. The van der Waals surface area contributed by atoms with Gasteiger partial charge in [-0.25, -0.2) is 4.98 Å². The van der Waals surface area contributed by atoms with Gasteiger partial charge in [0.15, 0.2) is 5.13 Å². The van der Waals surface area contributed by atoms with E-state index in [1.54, 1.807) is 18.0 Å². The molecule has 102 valence electrons. The number of thiazole rings is 1. The van der Waals surface area contributed by atoms with Gasteiger partial charge in [-0.1, -0.05) is 0 Å². The van der Waals surface area contributed by atoms with Crippen LogP contribution in [0.1, 0.15) is 25.2 Å². The van der Waals surface area contributed by atoms with Crippen LogP contribution in [0.15, 0.2) is 17.6 Å². The van der Waals surface area contributed by atoms with Crippen molar-refractivity contribution in [3.63, 3.8) is 0 Å². The predicted octanol–water partition coefficient (Wildman–Crippen LogP) is 1.53. The quantitative estimate of drug-likeness (QED) is 0.841. The Morgan fingerprint density at radius 3 is 3.00 bits per heavy atom. The highest BCUT2D eigenvalue weighted by atomic mass is 32.1. The molecule has 0 saturated heterocycles. The van der Waals surface area contributed by atoms with Crippen molar-refractivity contribution in [1.29, 1.82) is 0 Å². The number of rotatable bonds is 6. The van der Waals surface area contributed by atoms with Gasteiger partial charge in [-0.3, -0.25) is 14.8 Å². The molecule has 0 radical (unpaired) electrons. The smallest absolute Gasteiger partial charge is 0.225 e. The lowest BCUT2D eigenvalue weighted by atomic mass is 10.4. The average molecular weight is 279 g/mol. The summed E-state index contributed by atoms with van der Waals surface area (Å²) in [4.78, 5) is 17.5. The minimum absolute atomic E-state index is 0.0221. The van der Waals surface area contributed by atoms with Gasteiger partial charge in [0.2, 0.25) is 5.91 Å². The van der Waals surface area contributed by atoms with Crippen LogP contribution in [0.25, 0.3) is 0 Å². The molecule has 0 atom stereocenters. The van der Waals surface area contributed by atoms with E-state index in [1.165, 1.54) is 11.3 Å². The number of anilines is 1. The molecule has 7 heteroatoms. The maximum absolute atomic E-state index is 11.4. The maximum Gasteiger partial charge on any atom is 0.225 e. The molecule has 0 saturated carbocycles. The van der Waals surface area contributed by atoms with Gasteiger partial charge in [-0.15, -0.1) is 11.3 Å². The molecule has 0 fully saturated rings. The first-order valence-corrected chi connectivity index (χ1v) is 7.00. The van der Waals surface area contributed by atoms with E-state index in [2.05, 4.69) is 20.5 Å². The summed E-state index contributed by atoms with van der Waals surface area (Å²) in [6.45, 7) is 5.53. The molecule has 0 bridgehead atoms. The van der Waals surface area contributed by atoms with Crippen LogP contribution in [0.5, 0.6) is 0 Å². The van der Waals surface area contributed by atoms with Crippen molar-refractivity contribution >= 4 is 22.4 Å². The summed E-state index contributed by atoms with van der Waals surface area (Å²) < 4.78 is 0. The molecule has 0 aliphatic carbocycles. The number of hydrogen-bond acceptors (Lipinski definition) is 5. The Kier molecular flexibility index (Phi) is 4.64. The summed E-state index contributed by atoms with van der Waals surface area (Å²) in [5.41, 5.74) is 1.98. The third-order valence-electron chi connectivity index (χ3n) is 2.65.